The van der Waals surface area contributed by atoms with Crippen LogP contribution in [0.3, 0.4) is 0 Å². The van der Waals surface area contributed by atoms with Crippen molar-refractivity contribution in [1.29, 1.82) is 0 Å². The van der Waals surface area contributed by atoms with Crippen molar-refractivity contribution >= 4 is 22.9 Å². The average molecular weight is 510 g/mol. The van der Waals surface area contributed by atoms with E-state index in [4.69, 9.17) is 11.6 Å². The third kappa shape index (κ3) is 7.09. The topological polar surface area (TPSA) is 53.4 Å². The first kappa shape index (κ1) is 25.4. The molecule has 3 rings (SSSR count). The smallest absolute Gasteiger partial charge is 0.0959 e. The predicted molar refractivity (Wildman–Crippen MR) is 116 cm³/mol. The van der Waals surface area contributed by atoms with Gasteiger partial charge in [-0.2, -0.15) is 6.07 Å². The molecule has 3 nitrogen and oxygen atoms in total. The third-order valence-corrected chi connectivity index (χ3v) is 7.27. The van der Waals surface area contributed by atoms with Gasteiger partial charge in [0.25, 0.3) is 0 Å². The molecule has 0 saturated heterocycles. The van der Waals surface area contributed by atoms with Crippen LogP contribution >= 0.6 is 22.9 Å². The molecule has 1 radical (unpaired) electrons. The molecule has 1 aliphatic rings. The summed E-state index contributed by atoms with van der Waals surface area (Å²) in [6.45, 7) is 2.16. The molecule has 2 N–H and O–H groups in total. The Morgan fingerprint density at radius 2 is 2.10 bits per heavy atom. The van der Waals surface area contributed by atoms with Gasteiger partial charge in [-0.3, -0.25) is 4.98 Å². The molecule has 29 heavy (non-hydrogen) atoms. The second-order valence-electron chi connectivity index (χ2n) is 7.95. The van der Waals surface area contributed by atoms with Crippen LogP contribution in [0.5, 0.6) is 0 Å². The van der Waals surface area contributed by atoms with Gasteiger partial charge >= 0.3 is 0 Å². The first-order chi connectivity index (χ1) is 13.6. The summed E-state index contributed by atoms with van der Waals surface area (Å²) < 4.78 is 0. The zero-order valence-corrected chi connectivity index (χ0v) is 21.5. The first-order valence-electron chi connectivity index (χ1n) is 10.5. The number of aliphatic hydroxyl groups is 2. The van der Waals surface area contributed by atoms with Crippen molar-refractivity contribution in [2.75, 3.05) is 0 Å². The number of nitrogens with zero attached hydrogens (tertiary/aromatic N) is 1. The molecular formula is C23H31ClNO2SY-. The SMILES string of the molecule is CCCCCC(O)c1ccc(C2C(CCCc3cc[c-]s3)[C@H](Cl)C[C@H]2O)cn1.[Y]. The maximum atomic E-state index is 10.6. The van der Waals surface area contributed by atoms with E-state index in [0.717, 1.165) is 56.2 Å². The van der Waals surface area contributed by atoms with Crippen LogP contribution in [-0.2, 0) is 39.1 Å². The molecule has 1 aliphatic carbocycles. The number of aryl methyl sites for hydroxylation is 1. The summed E-state index contributed by atoms with van der Waals surface area (Å²) in [5.74, 6) is 0.277. The summed E-state index contributed by atoms with van der Waals surface area (Å²) in [5.41, 5.74) is 1.76. The van der Waals surface area contributed by atoms with Gasteiger partial charge in [-0.05, 0) is 36.8 Å². The van der Waals surface area contributed by atoms with E-state index in [0.29, 0.717) is 6.42 Å². The van der Waals surface area contributed by atoms with Crippen molar-refractivity contribution < 1.29 is 42.9 Å². The average Bonchev–Trinajstić information content (AvgIpc) is 3.30. The molecule has 2 heterocycles. The molecule has 2 aromatic heterocycles. The van der Waals surface area contributed by atoms with E-state index in [1.165, 1.54) is 4.88 Å². The maximum Gasteiger partial charge on any atom is 0.0959 e. The third-order valence-electron chi connectivity index (χ3n) is 5.91. The van der Waals surface area contributed by atoms with E-state index in [2.05, 4.69) is 23.4 Å². The Labute approximate surface area is 209 Å². The molecule has 3 unspecified atom stereocenters. The van der Waals surface area contributed by atoms with E-state index in [1.807, 2.05) is 24.4 Å². The summed E-state index contributed by atoms with van der Waals surface area (Å²) >= 11 is 8.28. The van der Waals surface area contributed by atoms with Crippen LogP contribution in [0, 0.1) is 11.3 Å². The van der Waals surface area contributed by atoms with Crippen molar-refractivity contribution in [1.82, 2.24) is 4.98 Å². The molecule has 0 aliphatic heterocycles. The predicted octanol–water partition coefficient (Wildman–Crippen LogP) is 5.65. The van der Waals surface area contributed by atoms with Gasteiger partial charge in [-0.15, -0.1) is 21.9 Å². The van der Waals surface area contributed by atoms with Crippen molar-refractivity contribution in [3.63, 3.8) is 0 Å². The second-order valence-corrected chi connectivity index (χ2v) is 9.47. The number of unbranched alkanes of at least 4 members (excludes halogenated alkanes) is 2. The van der Waals surface area contributed by atoms with Gasteiger partial charge in [0.2, 0.25) is 0 Å². The molecule has 2 aromatic rings. The number of pyridine rings is 1. The Kier molecular flexibility index (Phi) is 11.3. The number of hydrogen-bond acceptors (Lipinski definition) is 4. The zero-order chi connectivity index (χ0) is 19.9. The summed E-state index contributed by atoms with van der Waals surface area (Å²) in [7, 11) is 0. The van der Waals surface area contributed by atoms with Crippen LogP contribution in [0.25, 0.3) is 0 Å². The van der Waals surface area contributed by atoms with Gasteiger partial charge in [0.1, 0.15) is 0 Å². The van der Waals surface area contributed by atoms with E-state index >= 15 is 0 Å². The Balaban J connectivity index is 0.00000300. The van der Waals surface area contributed by atoms with Gasteiger partial charge < -0.3 is 21.5 Å². The molecule has 5 atom stereocenters. The minimum absolute atomic E-state index is 0. The molecule has 1 fully saturated rings. The molecule has 0 spiro atoms. The van der Waals surface area contributed by atoms with E-state index in [9.17, 15) is 10.2 Å². The maximum absolute atomic E-state index is 10.6. The minimum atomic E-state index is -0.506. The molecule has 0 bridgehead atoms. The molecule has 157 valence electrons. The fourth-order valence-electron chi connectivity index (χ4n) is 4.36. The van der Waals surface area contributed by atoms with Crippen LogP contribution in [-0.4, -0.2) is 26.7 Å². The molecule has 1 saturated carbocycles. The fourth-order valence-corrected chi connectivity index (χ4v) is 5.49. The van der Waals surface area contributed by atoms with Gasteiger partial charge in [-0.1, -0.05) is 45.1 Å². The van der Waals surface area contributed by atoms with E-state index in [-0.39, 0.29) is 49.9 Å². The Morgan fingerprint density at radius 1 is 1.28 bits per heavy atom. The number of hydrogen-bond donors (Lipinski definition) is 2. The van der Waals surface area contributed by atoms with E-state index in [1.54, 1.807) is 11.3 Å². The summed E-state index contributed by atoms with van der Waals surface area (Å²) in [6.07, 6.45) is 8.67. The monoisotopic (exact) mass is 509 g/mol. The summed E-state index contributed by atoms with van der Waals surface area (Å²) in [5, 5.41) is 24.1. The normalized spacial score (nSPS) is 25.0. The second kappa shape index (κ2) is 12.9. The van der Waals surface area contributed by atoms with Crippen LogP contribution in [0.1, 0.15) is 80.0 Å². The van der Waals surface area contributed by atoms with Gasteiger partial charge in [0.15, 0.2) is 0 Å². The molecule has 0 aromatic carbocycles. The molecule has 0 amide bonds. The Hall–Kier alpha value is 0.164. The van der Waals surface area contributed by atoms with Crippen LogP contribution in [0.4, 0.5) is 0 Å². The Morgan fingerprint density at radius 3 is 2.76 bits per heavy atom. The first-order valence-corrected chi connectivity index (χ1v) is 11.8. The zero-order valence-electron chi connectivity index (χ0n) is 17.1. The number of aliphatic hydroxyl groups excluding tert-OH is 2. The van der Waals surface area contributed by atoms with Gasteiger partial charge in [0, 0.05) is 50.2 Å². The van der Waals surface area contributed by atoms with Gasteiger partial charge in [0.05, 0.1) is 17.9 Å². The van der Waals surface area contributed by atoms with Crippen molar-refractivity contribution in [2.24, 2.45) is 5.92 Å². The number of alkyl halides is 1. The van der Waals surface area contributed by atoms with Crippen LogP contribution < -0.4 is 0 Å². The number of thiophene rings is 1. The minimum Gasteiger partial charge on any atom is -0.392 e. The number of aromatic nitrogens is 1. The van der Waals surface area contributed by atoms with Crippen LogP contribution in [0.2, 0.25) is 0 Å². The Bertz CT molecular complexity index is 697. The standard InChI is InChI=1S/C23H31ClNO2S.Y/c1-2-3-4-10-21(26)20-12-11-16(15-25-20)23-18(19(24)14-22(23)27)9-5-7-17-8-6-13-28-17;/h6,8,11-12,15,18-19,21-23,26-27H,2-5,7,9-10,14H2,1H3;/q-1;/t18?,19-,21?,22-,23?;/m1./s1. The fraction of sp³-hybridized carbons (Fsp3) is 0.609. The summed E-state index contributed by atoms with van der Waals surface area (Å²) in [4.78, 5) is 5.86. The number of rotatable bonds is 10. The largest absolute Gasteiger partial charge is 0.392 e. The quantitative estimate of drug-likeness (QED) is 0.247. The summed E-state index contributed by atoms with van der Waals surface area (Å²) in [6, 6.07) is 8.03. The van der Waals surface area contributed by atoms with Crippen molar-refractivity contribution in [2.45, 2.75) is 81.8 Å². The van der Waals surface area contributed by atoms with Crippen LogP contribution in [0.15, 0.2) is 30.5 Å². The van der Waals surface area contributed by atoms with E-state index < -0.39 is 12.2 Å². The molecular weight excluding hydrogens is 479 g/mol. The van der Waals surface area contributed by atoms with Gasteiger partial charge in [-0.25, -0.2) is 6.07 Å². The molecule has 6 heteroatoms. The van der Waals surface area contributed by atoms with Crippen molar-refractivity contribution in [3.8, 4) is 0 Å². The number of halogens is 1. The van der Waals surface area contributed by atoms with Crippen molar-refractivity contribution in [3.05, 3.63) is 52.0 Å².